The van der Waals surface area contributed by atoms with Crippen LogP contribution in [0.1, 0.15) is 11.4 Å². The third-order valence-electron chi connectivity index (χ3n) is 3.39. The molecule has 114 valence electrons. The van der Waals surface area contributed by atoms with Crippen molar-refractivity contribution >= 4 is 28.8 Å². The summed E-state index contributed by atoms with van der Waals surface area (Å²) < 4.78 is 6.55. The summed E-state index contributed by atoms with van der Waals surface area (Å²) in [6.45, 7) is 2.02. The molecule has 0 fully saturated rings. The number of aryl methyl sites for hydroxylation is 1. The number of hydrogen-bond acceptors (Lipinski definition) is 3. The van der Waals surface area contributed by atoms with Crippen molar-refractivity contribution in [3.8, 4) is 11.1 Å². The smallest absolute Gasteiger partial charge is 0.291 e. The lowest BCUT2D eigenvalue weighted by atomic mass is 10.1. The monoisotopic (exact) mass is 337 g/mol. The zero-order chi connectivity index (χ0) is 15.9. The molecule has 0 aliphatic heterocycles. The molecule has 0 spiro atoms. The number of benzene rings is 1. The standard InChI is InChI=1S/C15H13Cl2N3O2/c1-8-13(17)15(21)20-14(18-8)12(11(19-20)7-22-2)9-3-5-10(16)6-4-9/h3-6,19H,7H2,1-2H3. The minimum absolute atomic E-state index is 0.102. The van der Waals surface area contributed by atoms with Crippen LogP contribution in [-0.2, 0) is 11.3 Å². The van der Waals surface area contributed by atoms with Crippen LogP contribution < -0.4 is 5.56 Å². The quantitative estimate of drug-likeness (QED) is 0.796. The van der Waals surface area contributed by atoms with E-state index in [1.54, 1.807) is 26.2 Å². The highest BCUT2D eigenvalue weighted by molar-refractivity contribution is 6.31. The molecule has 5 nitrogen and oxygen atoms in total. The Hall–Kier alpha value is -1.82. The van der Waals surface area contributed by atoms with E-state index in [1.807, 2.05) is 12.1 Å². The molecule has 0 saturated heterocycles. The molecule has 3 rings (SSSR count). The Bertz CT molecular complexity index is 898. The molecule has 2 heterocycles. The highest BCUT2D eigenvalue weighted by Gasteiger charge is 2.18. The van der Waals surface area contributed by atoms with Gasteiger partial charge >= 0.3 is 0 Å². The van der Waals surface area contributed by atoms with Gasteiger partial charge in [-0.2, -0.15) is 4.52 Å². The van der Waals surface area contributed by atoms with E-state index in [0.29, 0.717) is 23.0 Å². The largest absolute Gasteiger partial charge is 0.378 e. The molecule has 0 atom stereocenters. The van der Waals surface area contributed by atoms with Crippen LogP contribution >= 0.6 is 23.2 Å². The number of nitrogens with zero attached hydrogens (tertiary/aromatic N) is 2. The Morgan fingerprint density at radius 3 is 2.59 bits per heavy atom. The Kier molecular flexibility index (Phi) is 3.95. The van der Waals surface area contributed by atoms with Crippen LogP contribution in [0.2, 0.25) is 10.0 Å². The molecule has 3 aromatic rings. The van der Waals surface area contributed by atoms with E-state index in [1.165, 1.54) is 4.52 Å². The number of aromatic amines is 1. The zero-order valence-corrected chi connectivity index (χ0v) is 13.5. The molecule has 0 saturated carbocycles. The second-order valence-corrected chi connectivity index (χ2v) is 5.70. The van der Waals surface area contributed by atoms with Crippen LogP contribution in [0, 0.1) is 6.92 Å². The van der Waals surface area contributed by atoms with Gasteiger partial charge in [0.2, 0.25) is 0 Å². The number of fused-ring (bicyclic) bond motifs is 1. The van der Waals surface area contributed by atoms with E-state index < -0.39 is 0 Å². The lowest BCUT2D eigenvalue weighted by molar-refractivity contribution is 0.181. The predicted molar refractivity (Wildman–Crippen MR) is 86.7 cm³/mol. The van der Waals surface area contributed by atoms with Crippen molar-refractivity contribution in [2.45, 2.75) is 13.5 Å². The van der Waals surface area contributed by atoms with Gasteiger partial charge in [-0.1, -0.05) is 35.3 Å². The molecule has 0 amide bonds. The highest BCUT2D eigenvalue weighted by atomic mass is 35.5. The Morgan fingerprint density at radius 2 is 1.95 bits per heavy atom. The van der Waals surface area contributed by atoms with E-state index in [0.717, 1.165) is 16.8 Å². The topological polar surface area (TPSA) is 59.4 Å². The normalized spacial score (nSPS) is 11.3. The Balaban J connectivity index is 2.37. The van der Waals surface area contributed by atoms with Crippen molar-refractivity contribution in [3.63, 3.8) is 0 Å². The average Bonchev–Trinajstić information content (AvgIpc) is 2.85. The second-order valence-electron chi connectivity index (χ2n) is 4.88. The van der Waals surface area contributed by atoms with E-state index in [2.05, 4.69) is 10.1 Å². The van der Waals surface area contributed by atoms with Crippen LogP contribution in [0.25, 0.3) is 16.8 Å². The van der Waals surface area contributed by atoms with Crippen LogP contribution in [0.15, 0.2) is 29.1 Å². The van der Waals surface area contributed by atoms with Gasteiger partial charge in [0.15, 0.2) is 5.65 Å². The zero-order valence-electron chi connectivity index (χ0n) is 12.0. The van der Waals surface area contributed by atoms with Crippen LogP contribution in [0.3, 0.4) is 0 Å². The van der Waals surface area contributed by atoms with Gasteiger partial charge in [-0.05, 0) is 24.6 Å². The maximum atomic E-state index is 12.3. The molecule has 22 heavy (non-hydrogen) atoms. The number of ether oxygens (including phenoxy) is 1. The molecular weight excluding hydrogens is 325 g/mol. The minimum Gasteiger partial charge on any atom is -0.378 e. The van der Waals surface area contributed by atoms with E-state index in [-0.39, 0.29) is 10.6 Å². The number of methoxy groups -OCH3 is 1. The Labute approximate surface area is 136 Å². The summed E-state index contributed by atoms with van der Waals surface area (Å²) in [6, 6.07) is 7.33. The molecule has 1 aromatic carbocycles. The first kappa shape index (κ1) is 15.1. The first-order valence-electron chi connectivity index (χ1n) is 6.57. The fourth-order valence-corrected chi connectivity index (χ4v) is 2.63. The summed E-state index contributed by atoms with van der Waals surface area (Å²) in [7, 11) is 1.59. The highest BCUT2D eigenvalue weighted by Crippen LogP contribution is 2.29. The van der Waals surface area contributed by atoms with Gasteiger partial charge in [0, 0.05) is 17.7 Å². The molecule has 1 N–H and O–H groups in total. The molecule has 7 heteroatoms. The number of hydrogen-bond donors (Lipinski definition) is 1. The van der Waals surface area contributed by atoms with Crippen LogP contribution in [0.5, 0.6) is 0 Å². The lowest BCUT2D eigenvalue weighted by Gasteiger charge is -2.04. The third-order valence-corrected chi connectivity index (χ3v) is 4.07. The van der Waals surface area contributed by atoms with Gasteiger partial charge in [0.05, 0.1) is 18.0 Å². The number of nitrogens with one attached hydrogen (secondary N) is 1. The van der Waals surface area contributed by atoms with Crippen molar-refractivity contribution in [1.29, 1.82) is 0 Å². The summed E-state index contributed by atoms with van der Waals surface area (Å²) in [5, 5.41) is 3.76. The maximum Gasteiger partial charge on any atom is 0.291 e. The fourth-order valence-electron chi connectivity index (χ4n) is 2.37. The molecular formula is C15H13Cl2N3O2. The van der Waals surface area contributed by atoms with Crippen molar-refractivity contribution in [2.24, 2.45) is 0 Å². The van der Waals surface area contributed by atoms with Gasteiger partial charge in [-0.3, -0.25) is 9.89 Å². The average molecular weight is 338 g/mol. The third kappa shape index (κ3) is 2.41. The van der Waals surface area contributed by atoms with Gasteiger partial charge in [-0.15, -0.1) is 0 Å². The summed E-state index contributed by atoms with van der Waals surface area (Å²) in [5.74, 6) is 0. The number of H-pyrrole nitrogens is 1. The first-order valence-corrected chi connectivity index (χ1v) is 7.33. The summed E-state index contributed by atoms with van der Waals surface area (Å²) >= 11 is 11.9. The summed E-state index contributed by atoms with van der Waals surface area (Å²) in [5.41, 5.74) is 3.11. The van der Waals surface area contributed by atoms with Crippen molar-refractivity contribution in [3.05, 3.63) is 56.1 Å². The van der Waals surface area contributed by atoms with Crippen molar-refractivity contribution in [2.75, 3.05) is 7.11 Å². The van der Waals surface area contributed by atoms with Gasteiger partial charge < -0.3 is 4.74 Å². The van der Waals surface area contributed by atoms with Crippen molar-refractivity contribution < 1.29 is 4.74 Å². The first-order chi connectivity index (χ1) is 10.5. The molecule has 0 radical (unpaired) electrons. The number of rotatable bonds is 3. The van der Waals surface area contributed by atoms with Crippen molar-refractivity contribution in [1.82, 2.24) is 14.6 Å². The second kappa shape index (κ2) is 5.76. The molecule has 0 unspecified atom stereocenters. The molecule has 0 bridgehead atoms. The van der Waals surface area contributed by atoms with E-state index in [4.69, 9.17) is 27.9 Å². The molecule has 2 aromatic heterocycles. The SMILES string of the molecule is COCc1[nH]n2c(=O)c(Cl)c(C)nc2c1-c1ccc(Cl)cc1. The molecule has 0 aliphatic carbocycles. The van der Waals surface area contributed by atoms with E-state index in [9.17, 15) is 4.79 Å². The minimum atomic E-state index is -0.332. The number of aromatic nitrogens is 3. The Morgan fingerprint density at radius 1 is 1.27 bits per heavy atom. The van der Waals surface area contributed by atoms with Gasteiger partial charge in [-0.25, -0.2) is 4.98 Å². The molecule has 0 aliphatic rings. The van der Waals surface area contributed by atoms with Crippen LogP contribution in [-0.4, -0.2) is 21.7 Å². The van der Waals surface area contributed by atoms with E-state index >= 15 is 0 Å². The summed E-state index contributed by atoms with van der Waals surface area (Å²) in [4.78, 5) is 16.8. The van der Waals surface area contributed by atoms with Gasteiger partial charge in [0.1, 0.15) is 5.02 Å². The van der Waals surface area contributed by atoms with Crippen LogP contribution in [0.4, 0.5) is 0 Å². The fraction of sp³-hybridized carbons (Fsp3) is 0.200. The van der Waals surface area contributed by atoms with Gasteiger partial charge in [0.25, 0.3) is 5.56 Å². The maximum absolute atomic E-state index is 12.3. The predicted octanol–water partition coefficient (Wildman–Crippen LogP) is 3.45. The summed E-state index contributed by atoms with van der Waals surface area (Å²) in [6.07, 6.45) is 0. The number of halogens is 2. The lowest BCUT2D eigenvalue weighted by Crippen LogP contribution is -2.17.